The van der Waals surface area contributed by atoms with Gasteiger partial charge in [0.1, 0.15) is 11.5 Å². The fraction of sp³-hybridized carbons (Fsp3) is 0.600. The molecule has 2 rings (SSSR count). The van der Waals surface area contributed by atoms with Gasteiger partial charge in [-0.15, -0.1) is 0 Å². The molecule has 1 aromatic carbocycles. The summed E-state index contributed by atoms with van der Waals surface area (Å²) >= 11 is 0. The molecule has 4 heteroatoms. The highest BCUT2D eigenvalue weighted by atomic mass is 16.5. The van der Waals surface area contributed by atoms with Gasteiger partial charge in [-0.05, 0) is 44.0 Å². The van der Waals surface area contributed by atoms with E-state index in [-0.39, 0.29) is 12.1 Å². The van der Waals surface area contributed by atoms with E-state index in [9.17, 15) is 0 Å². The predicted molar refractivity (Wildman–Crippen MR) is 74.9 cm³/mol. The molecule has 0 aliphatic heterocycles. The van der Waals surface area contributed by atoms with E-state index in [2.05, 4.69) is 5.32 Å². The van der Waals surface area contributed by atoms with E-state index in [1.807, 2.05) is 25.2 Å². The molecule has 1 saturated carbocycles. The third-order valence-electron chi connectivity index (χ3n) is 3.77. The van der Waals surface area contributed by atoms with Crippen LogP contribution in [0.4, 0.5) is 0 Å². The predicted octanol–water partition coefficient (Wildman–Crippen LogP) is 2.39. The summed E-state index contributed by atoms with van der Waals surface area (Å²) in [6, 6.07) is 5.99. The summed E-state index contributed by atoms with van der Waals surface area (Å²) in [5.41, 5.74) is 1.09. The highest BCUT2D eigenvalue weighted by Gasteiger charge is 2.38. The largest absolute Gasteiger partial charge is 0.497 e. The number of benzene rings is 1. The second-order valence-electron chi connectivity index (χ2n) is 4.91. The highest BCUT2D eigenvalue weighted by Crippen LogP contribution is 2.42. The van der Waals surface area contributed by atoms with Gasteiger partial charge in [0.25, 0.3) is 0 Å². The zero-order valence-corrected chi connectivity index (χ0v) is 12.1. The molecule has 0 amide bonds. The van der Waals surface area contributed by atoms with Gasteiger partial charge >= 0.3 is 0 Å². The number of hydrogen-bond donors (Lipinski definition) is 1. The molecule has 1 fully saturated rings. The van der Waals surface area contributed by atoms with Crippen molar-refractivity contribution in [2.45, 2.75) is 25.0 Å². The normalized spacial score (nSPS) is 17.9. The SMILES string of the molecule is CNC(c1cc(OC)ccc1OC)C(OC)C1CC1. The summed E-state index contributed by atoms with van der Waals surface area (Å²) in [6.07, 6.45) is 2.65. The standard InChI is InChI=1S/C15H23NO3/c1-16-14(15(19-4)10-5-6-10)12-9-11(17-2)7-8-13(12)18-3/h7-10,14-16H,5-6H2,1-4H3. The fourth-order valence-electron chi connectivity index (χ4n) is 2.60. The minimum atomic E-state index is 0.113. The minimum Gasteiger partial charge on any atom is -0.497 e. The van der Waals surface area contributed by atoms with Crippen LogP contribution in [0.15, 0.2) is 18.2 Å². The summed E-state index contributed by atoms with van der Waals surface area (Å²) < 4.78 is 16.5. The van der Waals surface area contributed by atoms with Gasteiger partial charge in [-0.25, -0.2) is 0 Å². The number of nitrogens with one attached hydrogen (secondary N) is 1. The molecule has 106 valence electrons. The van der Waals surface area contributed by atoms with Crippen LogP contribution in [0.25, 0.3) is 0 Å². The van der Waals surface area contributed by atoms with Crippen molar-refractivity contribution in [2.75, 3.05) is 28.4 Å². The molecule has 2 unspecified atom stereocenters. The zero-order valence-electron chi connectivity index (χ0n) is 12.1. The molecular formula is C15H23NO3. The Hall–Kier alpha value is -1.26. The van der Waals surface area contributed by atoms with Gasteiger partial charge in [0.05, 0.1) is 26.4 Å². The van der Waals surface area contributed by atoms with Gasteiger partial charge in [0.2, 0.25) is 0 Å². The van der Waals surface area contributed by atoms with Crippen LogP contribution < -0.4 is 14.8 Å². The number of hydrogen-bond acceptors (Lipinski definition) is 4. The Bertz CT molecular complexity index is 418. The van der Waals surface area contributed by atoms with Gasteiger partial charge in [0, 0.05) is 12.7 Å². The van der Waals surface area contributed by atoms with Crippen LogP contribution >= 0.6 is 0 Å². The van der Waals surface area contributed by atoms with Crippen molar-refractivity contribution in [3.63, 3.8) is 0 Å². The van der Waals surface area contributed by atoms with E-state index in [0.29, 0.717) is 5.92 Å². The van der Waals surface area contributed by atoms with Crippen LogP contribution in [0.5, 0.6) is 11.5 Å². The molecule has 0 radical (unpaired) electrons. The van der Waals surface area contributed by atoms with Gasteiger partial charge in [-0.1, -0.05) is 0 Å². The van der Waals surface area contributed by atoms with Crippen molar-refractivity contribution in [1.29, 1.82) is 0 Å². The summed E-state index contributed by atoms with van der Waals surface area (Å²) in [6.45, 7) is 0. The first-order valence-electron chi connectivity index (χ1n) is 6.67. The van der Waals surface area contributed by atoms with Gasteiger partial charge in [-0.2, -0.15) is 0 Å². The number of rotatable bonds is 7. The maximum absolute atomic E-state index is 5.70. The van der Waals surface area contributed by atoms with Gasteiger partial charge < -0.3 is 19.5 Å². The average molecular weight is 265 g/mol. The molecule has 19 heavy (non-hydrogen) atoms. The lowest BCUT2D eigenvalue weighted by atomic mass is 9.97. The Labute approximate surface area is 115 Å². The first-order chi connectivity index (χ1) is 9.24. The second-order valence-corrected chi connectivity index (χ2v) is 4.91. The Morgan fingerprint density at radius 3 is 2.37 bits per heavy atom. The van der Waals surface area contributed by atoms with Crippen LogP contribution in [-0.2, 0) is 4.74 Å². The number of ether oxygens (including phenoxy) is 3. The van der Waals surface area contributed by atoms with Crippen molar-refractivity contribution in [3.05, 3.63) is 23.8 Å². The average Bonchev–Trinajstić information content (AvgIpc) is 3.28. The second kappa shape index (κ2) is 6.26. The van der Waals surface area contributed by atoms with Crippen molar-refractivity contribution in [3.8, 4) is 11.5 Å². The summed E-state index contributed by atoms with van der Waals surface area (Å²) in [5.74, 6) is 2.34. The van der Waals surface area contributed by atoms with Crippen molar-refractivity contribution >= 4 is 0 Å². The Balaban J connectivity index is 2.34. The Morgan fingerprint density at radius 2 is 1.89 bits per heavy atom. The lowest BCUT2D eigenvalue weighted by Crippen LogP contribution is -2.33. The Morgan fingerprint density at radius 1 is 1.16 bits per heavy atom. The van der Waals surface area contributed by atoms with Crippen LogP contribution in [0.1, 0.15) is 24.4 Å². The summed E-state index contributed by atoms with van der Waals surface area (Å²) in [7, 11) is 7.10. The molecule has 0 heterocycles. The van der Waals surface area contributed by atoms with Crippen LogP contribution in [0.3, 0.4) is 0 Å². The van der Waals surface area contributed by atoms with Crippen molar-refractivity contribution in [2.24, 2.45) is 5.92 Å². The van der Waals surface area contributed by atoms with E-state index < -0.39 is 0 Å². The van der Waals surface area contributed by atoms with E-state index in [4.69, 9.17) is 14.2 Å². The third-order valence-corrected chi connectivity index (χ3v) is 3.77. The minimum absolute atomic E-state index is 0.113. The molecule has 0 spiro atoms. The fourth-order valence-corrected chi connectivity index (χ4v) is 2.60. The molecule has 1 aromatic rings. The molecule has 1 N–H and O–H groups in total. The first-order valence-corrected chi connectivity index (χ1v) is 6.67. The molecule has 1 aliphatic carbocycles. The van der Waals surface area contributed by atoms with E-state index in [1.54, 1.807) is 21.3 Å². The quantitative estimate of drug-likeness (QED) is 0.821. The maximum Gasteiger partial charge on any atom is 0.124 e. The number of methoxy groups -OCH3 is 3. The molecule has 1 aliphatic rings. The lowest BCUT2D eigenvalue weighted by molar-refractivity contribution is 0.0522. The monoisotopic (exact) mass is 265 g/mol. The molecule has 4 nitrogen and oxygen atoms in total. The summed E-state index contributed by atoms with van der Waals surface area (Å²) in [4.78, 5) is 0. The molecule has 2 atom stereocenters. The van der Waals surface area contributed by atoms with Crippen LogP contribution in [0, 0.1) is 5.92 Å². The molecule has 0 saturated heterocycles. The molecular weight excluding hydrogens is 242 g/mol. The number of likely N-dealkylation sites (N-methyl/N-ethyl adjacent to an activating group) is 1. The van der Waals surface area contributed by atoms with Gasteiger partial charge in [-0.3, -0.25) is 0 Å². The van der Waals surface area contributed by atoms with Crippen LogP contribution in [0.2, 0.25) is 0 Å². The van der Waals surface area contributed by atoms with E-state index in [1.165, 1.54) is 12.8 Å². The highest BCUT2D eigenvalue weighted by molar-refractivity contribution is 5.43. The molecule has 0 bridgehead atoms. The summed E-state index contributed by atoms with van der Waals surface area (Å²) in [5, 5.41) is 3.36. The van der Waals surface area contributed by atoms with Crippen molar-refractivity contribution < 1.29 is 14.2 Å². The first kappa shape index (κ1) is 14.2. The molecule has 0 aromatic heterocycles. The van der Waals surface area contributed by atoms with Crippen LogP contribution in [-0.4, -0.2) is 34.5 Å². The van der Waals surface area contributed by atoms with E-state index >= 15 is 0 Å². The maximum atomic E-state index is 5.70. The third kappa shape index (κ3) is 3.01. The zero-order chi connectivity index (χ0) is 13.8. The van der Waals surface area contributed by atoms with E-state index in [0.717, 1.165) is 17.1 Å². The topological polar surface area (TPSA) is 39.7 Å². The smallest absolute Gasteiger partial charge is 0.124 e. The van der Waals surface area contributed by atoms with Gasteiger partial charge in [0.15, 0.2) is 0 Å². The van der Waals surface area contributed by atoms with Crippen molar-refractivity contribution in [1.82, 2.24) is 5.32 Å². The Kier molecular flexibility index (Phi) is 4.66. The lowest BCUT2D eigenvalue weighted by Gasteiger charge is -2.27.